The number of ketones is 1. The van der Waals surface area contributed by atoms with E-state index in [4.69, 9.17) is 10.7 Å². The summed E-state index contributed by atoms with van der Waals surface area (Å²) < 4.78 is 40.9. The number of rotatable bonds is 5. The number of hydrogen-bond donors (Lipinski definition) is 2. The second-order valence-corrected chi connectivity index (χ2v) is 9.70. The normalized spacial score (nSPS) is 18.7. The standard InChI is InChI=1S/C26H23F3N6O/c27-26(28,29)17-5-8-31-18(11-17)12-20(36)15-1-3-16(4-2-15)21-22-23(30)32-9-10-35(22)24(34-21)19-13-25(6-7-25)14-33-19/h1-5,8-11,19,33H,6-7,12-14H2,(H2,30,32). The molecule has 1 saturated carbocycles. The van der Waals surface area contributed by atoms with Crippen LogP contribution in [-0.2, 0) is 12.6 Å². The maximum Gasteiger partial charge on any atom is 0.416 e. The van der Waals surface area contributed by atoms with Crippen molar-refractivity contribution < 1.29 is 18.0 Å². The van der Waals surface area contributed by atoms with Crippen LogP contribution in [0.25, 0.3) is 16.8 Å². The molecule has 4 heterocycles. The molecular formula is C26H23F3N6O. The fourth-order valence-electron chi connectivity index (χ4n) is 5.02. The summed E-state index contributed by atoms with van der Waals surface area (Å²) >= 11 is 0. The number of fused-ring (bicyclic) bond motifs is 1. The van der Waals surface area contributed by atoms with E-state index >= 15 is 0 Å². The van der Waals surface area contributed by atoms with Crippen molar-refractivity contribution in [1.29, 1.82) is 0 Å². The Kier molecular flexibility index (Phi) is 5.11. The third kappa shape index (κ3) is 4.01. The molecule has 0 radical (unpaired) electrons. The van der Waals surface area contributed by atoms with Crippen molar-refractivity contribution in [2.45, 2.75) is 37.9 Å². The van der Waals surface area contributed by atoms with Crippen LogP contribution in [-0.4, -0.2) is 31.7 Å². The van der Waals surface area contributed by atoms with Crippen LogP contribution < -0.4 is 11.1 Å². The maximum absolute atomic E-state index is 13.0. The smallest absolute Gasteiger partial charge is 0.382 e. The van der Waals surface area contributed by atoms with Gasteiger partial charge in [-0.2, -0.15) is 13.2 Å². The number of halogens is 3. The van der Waals surface area contributed by atoms with Crippen LogP contribution in [0.2, 0.25) is 0 Å². The maximum atomic E-state index is 13.0. The van der Waals surface area contributed by atoms with Gasteiger partial charge in [0.2, 0.25) is 0 Å². The SMILES string of the molecule is Nc1nccn2c(C3CC4(CC4)CN3)nc(-c3ccc(C(=O)Cc4cc(C(F)(F)F)ccn4)cc3)c12. The third-order valence-corrected chi connectivity index (χ3v) is 7.21. The molecule has 10 heteroatoms. The molecule has 0 bridgehead atoms. The Bertz CT molecular complexity index is 1470. The molecule has 184 valence electrons. The number of pyridine rings is 1. The first-order valence-corrected chi connectivity index (χ1v) is 11.7. The topological polar surface area (TPSA) is 98.2 Å². The van der Waals surface area contributed by atoms with E-state index in [-0.39, 0.29) is 23.9 Å². The first kappa shape index (κ1) is 22.7. The lowest BCUT2D eigenvalue weighted by atomic mass is 10.0. The third-order valence-electron chi connectivity index (χ3n) is 7.21. The van der Waals surface area contributed by atoms with Gasteiger partial charge in [0.05, 0.1) is 18.0 Å². The van der Waals surface area contributed by atoms with Crippen molar-refractivity contribution in [3.8, 4) is 11.3 Å². The Hall–Kier alpha value is -3.79. The van der Waals surface area contributed by atoms with Gasteiger partial charge in [0.25, 0.3) is 0 Å². The number of Topliss-reactive ketones (excluding diaryl/α,β-unsaturated/α-hetero) is 1. The molecule has 0 amide bonds. The Labute approximate surface area is 204 Å². The number of imidazole rings is 1. The molecule has 7 nitrogen and oxygen atoms in total. The first-order valence-electron chi connectivity index (χ1n) is 11.7. The van der Waals surface area contributed by atoms with Crippen LogP contribution in [0.1, 0.15) is 52.7 Å². The second-order valence-electron chi connectivity index (χ2n) is 9.70. The predicted molar refractivity (Wildman–Crippen MR) is 127 cm³/mol. The fraction of sp³-hybridized carbons (Fsp3) is 0.308. The highest BCUT2D eigenvalue weighted by molar-refractivity contribution is 5.98. The molecule has 1 spiro atoms. The van der Waals surface area contributed by atoms with Gasteiger partial charge in [0.15, 0.2) is 5.78 Å². The van der Waals surface area contributed by atoms with Crippen LogP contribution in [0.4, 0.5) is 19.0 Å². The van der Waals surface area contributed by atoms with E-state index in [1.165, 1.54) is 12.8 Å². The van der Waals surface area contributed by atoms with E-state index in [2.05, 4.69) is 15.3 Å². The molecule has 2 aliphatic rings. The number of aromatic nitrogens is 4. The van der Waals surface area contributed by atoms with Crippen molar-refractivity contribution in [1.82, 2.24) is 24.7 Å². The minimum absolute atomic E-state index is 0.0694. The molecule has 1 aliphatic carbocycles. The zero-order valence-electron chi connectivity index (χ0n) is 19.2. The van der Waals surface area contributed by atoms with E-state index in [1.54, 1.807) is 30.5 Å². The van der Waals surface area contributed by atoms with Crippen molar-refractivity contribution in [3.05, 3.63) is 77.6 Å². The average molecular weight is 493 g/mol. The number of nitrogens with zero attached hydrogens (tertiary/aromatic N) is 4. The molecular weight excluding hydrogens is 469 g/mol. The Morgan fingerprint density at radius 1 is 1.14 bits per heavy atom. The summed E-state index contributed by atoms with van der Waals surface area (Å²) in [6.07, 6.45) is 3.37. The molecule has 1 saturated heterocycles. The predicted octanol–water partition coefficient (Wildman–Crippen LogP) is 4.63. The lowest BCUT2D eigenvalue weighted by Crippen LogP contribution is -2.16. The van der Waals surface area contributed by atoms with Gasteiger partial charge in [-0.05, 0) is 36.8 Å². The van der Waals surface area contributed by atoms with Crippen LogP contribution in [0.5, 0.6) is 0 Å². The van der Waals surface area contributed by atoms with Crippen molar-refractivity contribution >= 4 is 17.1 Å². The summed E-state index contributed by atoms with van der Waals surface area (Å²) in [5, 5.41) is 3.60. The summed E-state index contributed by atoms with van der Waals surface area (Å²) in [4.78, 5) is 25.9. The number of anilines is 1. The van der Waals surface area contributed by atoms with E-state index < -0.39 is 11.7 Å². The quantitative estimate of drug-likeness (QED) is 0.394. The van der Waals surface area contributed by atoms with Gasteiger partial charge in [-0.25, -0.2) is 9.97 Å². The molecule has 3 aromatic heterocycles. The molecule has 3 N–H and O–H groups in total. The Morgan fingerprint density at radius 3 is 2.61 bits per heavy atom. The molecule has 1 aromatic carbocycles. The largest absolute Gasteiger partial charge is 0.416 e. The van der Waals surface area contributed by atoms with Gasteiger partial charge in [0.1, 0.15) is 22.9 Å². The van der Waals surface area contributed by atoms with Gasteiger partial charge >= 0.3 is 6.18 Å². The van der Waals surface area contributed by atoms with Crippen LogP contribution in [0, 0.1) is 5.41 Å². The molecule has 1 unspecified atom stereocenters. The Morgan fingerprint density at radius 2 is 1.92 bits per heavy atom. The van der Waals surface area contributed by atoms with Gasteiger partial charge < -0.3 is 11.1 Å². The zero-order chi connectivity index (χ0) is 25.1. The molecule has 6 rings (SSSR count). The molecule has 1 aliphatic heterocycles. The first-order chi connectivity index (χ1) is 17.2. The molecule has 4 aromatic rings. The highest BCUT2D eigenvalue weighted by atomic mass is 19.4. The van der Waals surface area contributed by atoms with Crippen LogP contribution in [0.3, 0.4) is 0 Å². The highest BCUT2D eigenvalue weighted by Crippen LogP contribution is 2.55. The molecule has 2 fully saturated rings. The highest BCUT2D eigenvalue weighted by Gasteiger charge is 2.49. The fourth-order valence-corrected chi connectivity index (χ4v) is 5.02. The number of carbonyl (C=O) groups is 1. The number of nitrogens with two attached hydrogens (primary N) is 1. The van der Waals surface area contributed by atoms with E-state index in [0.717, 1.165) is 42.7 Å². The lowest BCUT2D eigenvalue weighted by molar-refractivity contribution is -0.137. The molecule has 1 atom stereocenters. The number of nitrogen functional groups attached to an aromatic ring is 1. The van der Waals surface area contributed by atoms with Crippen molar-refractivity contribution in [2.24, 2.45) is 5.41 Å². The number of nitrogens with one attached hydrogen (secondary N) is 1. The van der Waals surface area contributed by atoms with E-state index in [0.29, 0.717) is 28.0 Å². The number of benzene rings is 1. The van der Waals surface area contributed by atoms with Crippen LogP contribution in [0.15, 0.2) is 55.0 Å². The molecule has 36 heavy (non-hydrogen) atoms. The monoisotopic (exact) mass is 492 g/mol. The number of carbonyl (C=O) groups excluding carboxylic acids is 1. The van der Waals surface area contributed by atoms with Gasteiger partial charge in [0, 0.05) is 42.0 Å². The Balaban J connectivity index is 1.28. The van der Waals surface area contributed by atoms with E-state index in [1.807, 2.05) is 10.6 Å². The summed E-state index contributed by atoms with van der Waals surface area (Å²) in [6.45, 7) is 0.986. The van der Waals surface area contributed by atoms with Gasteiger partial charge in [-0.1, -0.05) is 24.3 Å². The van der Waals surface area contributed by atoms with Gasteiger partial charge in [-0.3, -0.25) is 14.2 Å². The van der Waals surface area contributed by atoms with E-state index in [9.17, 15) is 18.0 Å². The van der Waals surface area contributed by atoms with Crippen molar-refractivity contribution in [3.63, 3.8) is 0 Å². The summed E-state index contributed by atoms with van der Waals surface area (Å²) in [6, 6.07) is 8.76. The van der Waals surface area contributed by atoms with Crippen molar-refractivity contribution in [2.75, 3.05) is 12.3 Å². The van der Waals surface area contributed by atoms with Crippen LogP contribution >= 0.6 is 0 Å². The summed E-state index contributed by atoms with van der Waals surface area (Å²) in [7, 11) is 0. The summed E-state index contributed by atoms with van der Waals surface area (Å²) in [5.74, 6) is 0.921. The lowest BCUT2D eigenvalue weighted by Gasteiger charge is -2.09. The number of hydrogen-bond acceptors (Lipinski definition) is 6. The number of alkyl halides is 3. The van der Waals surface area contributed by atoms with Gasteiger partial charge in [-0.15, -0.1) is 0 Å². The summed E-state index contributed by atoms with van der Waals surface area (Å²) in [5.41, 5.74) is 8.41. The minimum Gasteiger partial charge on any atom is -0.382 e. The average Bonchev–Trinajstić information content (AvgIpc) is 3.30. The zero-order valence-corrected chi connectivity index (χ0v) is 19.2. The minimum atomic E-state index is -4.49. The second kappa shape index (κ2) is 8.12.